The Balaban J connectivity index is 2.62. The number of benzene rings is 1. The normalized spacial score (nSPS) is 18.3. The average Bonchev–Trinajstić information content (AvgIpc) is 3.09. The van der Waals surface area contributed by atoms with E-state index in [-0.39, 0.29) is 11.5 Å². The molecule has 100 valence electrons. The van der Waals surface area contributed by atoms with Gasteiger partial charge in [0.1, 0.15) is 0 Å². The molecule has 0 saturated heterocycles. The molecule has 1 aromatic carbocycles. The highest BCUT2D eigenvalue weighted by molar-refractivity contribution is 9.10. The topological polar surface area (TPSA) is 44.5 Å². The molecule has 0 radical (unpaired) electrons. The molecule has 18 heavy (non-hydrogen) atoms. The van der Waals surface area contributed by atoms with E-state index >= 15 is 0 Å². The number of rotatable bonds is 4. The van der Waals surface area contributed by atoms with Crippen molar-refractivity contribution in [3.05, 3.63) is 21.7 Å². The lowest BCUT2D eigenvalue weighted by molar-refractivity contribution is 0.351. The Morgan fingerprint density at radius 2 is 1.94 bits per heavy atom. The third-order valence-electron chi connectivity index (χ3n) is 3.97. The predicted octanol–water partition coefficient (Wildman–Crippen LogP) is 3.15. The number of aryl methyl sites for hydroxylation is 1. The molecule has 1 unspecified atom stereocenters. The second kappa shape index (κ2) is 4.74. The summed E-state index contributed by atoms with van der Waals surface area (Å²) in [4.78, 5) is 0. The van der Waals surface area contributed by atoms with Gasteiger partial charge in [-0.1, -0.05) is 0 Å². The summed E-state index contributed by atoms with van der Waals surface area (Å²) in [5.74, 6) is 1.51. The zero-order valence-corrected chi connectivity index (χ0v) is 12.9. The molecule has 2 rings (SSSR count). The van der Waals surface area contributed by atoms with Gasteiger partial charge >= 0.3 is 0 Å². The molecule has 0 aromatic heterocycles. The van der Waals surface area contributed by atoms with Gasteiger partial charge in [-0.2, -0.15) is 0 Å². The van der Waals surface area contributed by atoms with Crippen molar-refractivity contribution in [1.82, 2.24) is 0 Å². The van der Waals surface area contributed by atoms with Gasteiger partial charge in [-0.3, -0.25) is 0 Å². The van der Waals surface area contributed by atoms with Crippen LogP contribution in [0.2, 0.25) is 0 Å². The van der Waals surface area contributed by atoms with Gasteiger partial charge in [0.25, 0.3) is 0 Å². The van der Waals surface area contributed by atoms with E-state index in [1.807, 2.05) is 6.07 Å². The van der Waals surface area contributed by atoms with Gasteiger partial charge in [-0.05, 0) is 59.8 Å². The van der Waals surface area contributed by atoms with Crippen molar-refractivity contribution in [2.45, 2.75) is 38.1 Å². The quantitative estimate of drug-likeness (QED) is 0.928. The highest BCUT2D eigenvalue weighted by Crippen LogP contribution is 2.56. The maximum absolute atomic E-state index is 6.17. The van der Waals surface area contributed by atoms with Gasteiger partial charge < -0.3 is 15.2 Å². The minimum atomic E-state index is 0.0997. The van der Waals surface area contributed by atoms with Crippen molar-refractivity contribution in [1.29, 1.82) is 0 Å². The van der Waals surface area contributed by atoms with Crippen LogP contribution in [-0.2, 0) is 5.41 Å². The lowest BCUT2D eigenvalue weighted by atomic mass is 9.86. The van der Waals surface area contributed by atoms with Crippen LogP contribution >= 0.6 is 15.9 Å². The summed E-state index contributed by atoms with van der Waals surface area (Å²) >= 11 is 3.67. The molecule has 0 heterocycles. The Labute approximate surface area is 117 Å². The molecule has 0 amide bonds. The van der Waals surface area contributed by atoms with Crippen LogP contribution in [0, 0.1) is 6.92 Å². The molecule has 0 spiro atoms. The zero-order valence-electron chi connectivity index (χ0n) is 11.3. The standard InChI is InChI=1S/C14H20BrNO2/c1-8-7-10(17-3)13(18-4)12(15)11(8)14(5-6-14)9(2)16/h7,9H,5-6,16H2,1-4H3. The summed E-state index contributed by atoms with van der Waals surface area (Å²) in [6.45, 7) is 4.18. The Kier molecular flexibility index (Phi) is 3.60. The van der Waals surface area contributed by atoms with Gasteiger partial charge in [0.05, 0.1) is 18.7 Å². The van der Waals surface area contributed by atoms with Gasteiger partial charge in [-0.15, -0.1) is 0 Å². The lowest BCUT2D eigenvalue weighted by Crippen LogP contribution is -2.32. The number of methoxy groups -OCH3 is 2. The summed E-state index contributed by atoms with van der Waals surface area (Å²) in [7, 11) is 3.31. The second-order valence-electron chi connectivity index (χ2n) is 5.06. The fraction of sp³-hybridized carbons (Fsp3) is 0.571. The Bertz CT molecular complexity index is 467. The van der Waals surface area contributed by atoms with E-state index in [2.05, 4.69) is 29.8 Å². The Morgan fingerprint density at radius 1 is 1.33 bits per heavy atom. The second-order valence-corrected chi connectivity index (χ2v) is 5.86. The van der Waals surface area contributed by atoms with Crippen LogP contribution in [0.15, 0.2) is 10.5 Å². The van der Waals surface area contributed by atoms with Crippen LogP contribution in [0.1, 0.15) is 30.9 Å². The molecule has 0 aliphatic heterocycles. The minimum absolute atomic E-state index is 0.0997. The Hall–Kier alpha value is -0.740. The molecule has 1 aliphatic carbocycles. The van der Waals surface area contributed by atoms with E-state index in [0.29, 0.717) is 0 Å². The number of ether oxygens (including phenoxy) is 2. The molecule has 1 aliphatic rings. The van der Waals surface area contributed by atoms with Gasteiger partial charge in [0, 0.05) is 11.5 Å². The highest BCUT2D eigenvalue weighted by atomic mass is 79.9. The zero-order chi connectivity index (χ0) is 13.5. The number of nitrogens with two attached hydrogens (primary N) is 1. The van der Waals surface area contributed by atoms with Gasteiger partial charge in [-0.25, -0.2) is 0 Å². The van der Waals surface area contributed by atoms with Crippen LogP contribution in [-0.4, -0.2) is 20.3 Å². The van der Waals surface area contributed by atoms with Crippen molar-refractivity contribution in [3.8, 4) is 11.5 Å². The maximum atomic E-state index is 6.17. The first kappa shape index (κ1) is 13.7. The molecular weight excluding hydrogens is 294 g/mol. The predicted molar refractivity (Wildman–Crippen MR) is 76.5 cm³/mol. The summed E-state index contributed by atoms with van der Waals surface area (Å²) in [5.41, 5.74) is 8.75. The molecular formula is C14H20BrNO2. The van der Waals surface area contributed by atoms with Crippen molar-refractivity contribution < 1.29 is 9.47 Å². The molecule has 1 fully saturated rings. The minimum Gasteiger partial charge on any atom is -0.493 e. The monoisotopic (exact) mass is 313 g/mol. The lowest BCUT2D eigenvalue weighted by Gasteiger charge is -2.25. The summed E-state index contributed by atoms with van der Waals surface area (Å²) in [5, 5.41) is 0. The van der Waals surface area contributed by atoms with Gasteiger partial charge in [0.2, 0.25) is 0 Å². The van der Waals surface area contributed by atoms with E-state index in [1.165, 1.54) is 11.1 Å². The van der Waals surface area contributed by atoms with Crippen LogP contribution in [0.4, 0.5) is 0 Å². The third-order valence-corrected chi connectivity index (χ3v) is 4.72. The SMILES string of the molecule is COc1cc(C)c(C2(C(C)N)CC2)c(Br)c1OC. The van der Waals surface area contributed by atoms with Crippen molar-refractivity contribution in [2.24, 2.45) is 5.73 Å². The van der Waals surface area contributed by atoms with Crippen LogP contribution in [0.25, 0.3) is 0 Å². The van der Waals surface area contributed by atoms with Crippen molar-refractivity contribution in [3.63, 3.8) is 0 Å². The Morgan fingerprint density at radius 3 is 2.33 bits per heavy atom. The summed E-state index contributed by atoms with van der Waals surface area (Å²) in [6.07, 6.45) is 2.28. The average molecular weight is 314 g/mol. The summed E-state index contributed by atoms with van der Waals surface area (Å²) < 4.78 is 11.8. The number of halogens is 1. The number of hydrogen-bond donors (Lipinski definition) is 1. The molecule has 3 nitrogen and oxygen atoms in total. The van der Waals surface area contributed by atoms with E-state index in [9.17, 15) is 0 Å². The molecule has 0 bridgehead atoms. The fourth-order valence-corrected chi connectivity index (χ4v) is 3.81. The smallest absolute Gasteiger partial charge is 0.175 e. The first-order chi connectivity index (χ1) is 8.47. The molecule has 1 aromatic rings. The summed E-state index contributed by atoms with van der Waals surface area (Å²) in [6, 6.07) is 2.17. The fourth-order valence-electron chi connectivity index (χ4n) is 2.75. The molecule has 1 atom stereocenters. The third kappa shape index (κ3) is 1.91. The van der Waals surface area contributed by atoms with Crippen LogP contribution in [0.5, 0.6) is 11.5 Å². The largest absolute Gasteiger partial charge is 0.493 e. The van der Waals surface area contributed by atoms with E-state index in [1.54, 1.807) is 14.2 Å². The van der Waals surface area contributed by atoms with E-state index < -0.39 is 0 Å². The van der Waals surface area contributed by atoms with E-state index in [0.717, 1.165) is 28.8 Å². The van der Waals surface area contributed by atoms with E-state index in [4.69, 9.17) is 15.2 Å². The molecule has 4 heteroatoms. The van der Waals surface area contributed by atoms with Crippen molar-refractivity contribution >= 4 is 15.9 Å². The highest BCUT2D eigenvalue weighted by Gasteiger charge is 2.50. The van der Waals surface area contributed by atoms with Crippen molar-refractivity contribution in [2.75, 3.05) is 14.2 Å². The first-order valence-corrected chi connectivity index (χ1v) is 6.94. The van der Waals surface area contributed by atoms with Crippen LogP contribution < -0.4 is 15.2 Å². The maximum Gasteiger partial charge on any atom is 0.175 e. The molecule has 2 N–H and O–H groups in total. The van der Waals surface area contributed by atoms with Gasteiger partial charge in [0.15, 0.2) is 11.5 Å². The molecule has 1 saturated carbocycles. The van der Waals surface area contributed by atoms with Crippen LogP contribution in [0.3, 0.4) is 0 Å². The number of hydrogen-bond acceptors (Lipinski definition) is 3. The first-order valence-electron chi connectivity index (χ1n) is 6.15.